The van der Waals surface area contributed by atoms with E-state index in [9.17, 15) is 18.0 Å². The third-order valence-corrected chi connectivity index (χ3v) is 2.79. The van der Waals surface area contributed by atoms with Crippen LogP contribution in [-0.4, -0.2) is 32.6 Å². The van der Waals surface area contributed by atoms with Crippen LogP contribution in [0.25, 0.3) is 0 Å². The third-order valence-electron chi connectivity index (χ3n) is 2.79. The van der Waals surface area contributed by atoms with Crippen molar-refractivity contribution in [2.75, 3.05) is 20.7 Å². The molecule has 0 aliphatic rings. The van der Waals surface area contributed by atoms with E-state index in [-0.39, 0.29) is 18.9 Å². The van der Waals surface area contributed by atoms with Crippen LogP contribution < -0.4 is 10.6 Å². The molecule has 5 nitrogen and oxygen atoms in total. The maximum atomic E-state index is 12.6. The van der Waals surface area contributed by atoms with Gasteiger partial charge >= 0.3 is 12.1 Å². The molecule has 0 saturated carbocycles. The number of methoxy groups -OCH3 is 1. The summed E-state index contributed by atoms with van der Waals surface area (Å²) in [5, 5.41) is 5.74. The molecule has 0 spiro atoms. The van der Waals surface area contributed by atoms with E-state index in [1.165, 1.54) is 20.2 Å². The predicted octanol–water partition coefficient (Wildman–Crippen LogP) is 1.93. The predicted molar refractivity (Wildman–Crippen MR) is 76.3 cm³/mol. The fourth-order valence-corrected chi connectivity index (χ4v) is 1.65. The number of carbonyl (C=O) groups is 1. The molecule has 8 heteroatoms. The van der Waals surface area contributed by atoms with Crippen molar-refractivity contribution in [3.8, 4) is 0 Å². The minimum Gasteiger partial charge on any atom is -0.469 e. The summed E-state index contributed by atoms with van der Waals surface area (Å²) in [5.41, 5.74) is -0.216. The van der Waals surface area contributed by atoms with Gasteiger partial charge in [0.05, 0.1) is 19.1 Å². The normalized spacial score (nSPS) is 12.0. The lowest BCUT2D eigenvalue weighted by atomic mass is 10.1. The molecule has 0 fully saturated rings. The number of benzene rings is 1. The van der Waals surface area contributed by atoms with Gasteiger partial charge in [0, 0.05) is 20.1 Å². The van der Waals surface area contributed by atoms with Gasteiger partial charge in [0.15, 0.2) is 5.96 Å². The Balaban J connectivity index is 2.52. The first kappa shape index (κ1) is 17.8. The summed E-state index contributed by atoms with van der Waals surface area (Å²) in [6, 6.07) is 5.04. The van der Waals surface area contributed by atoms with Crippen LogP contribution in [0, 0.1) is 0 Å². The Bertz CT molecular complexity index is 530. The van der Waals surface area contributed by atoms with E-state index in [1.54, 1.807) is 6.07 Å². The van der Waals surface area contributed by atoms with Crippen molar-refractivity contribution in [2.24, 2.45) is 4.99 Å². The molecular formula is C14H18F3N3O2. The van der Waals surface area contributed by atoms with Gasteiger partial charge in [0.1, 0.15) is 0 Å². The highest BCUT2D eigenvalue weighted by molar-refractivity contribution is 5.80. The van der Waals surface area contributed by atoms with Gasteiger partial charge < -0.3 is 15.4 Å². The molecule has 0 heterocycles. The fourth-order valence-electron chi connectivity index (χ4n) is 1.65. The van der Waals surface area contributed by atoms with Crippen LogP contribution in [0.1, 0.15) is 17.5 Å². The van der Waals surface area contributed by atoms with Gasteiger partial charge in [-0.15, -0.1) is 0 Å². The first-order valence-electron chi connectivity index (χ1n) is 6.54. The van der Waals surface area contributed by atoms with E-state index in [0.717, 1.165) is 12.1 Å². The van der Waals surface area contributed by atoms with Crippen LogP contribution in [0.3, 0.4) is 0 Å². The number of hydrogen-bond donors (Lipinski definition) is 2. The fraction of sp³-hybridized carbons (Fsp3) is 0.429. The molecule has 2 N–H and O–H groups in total. The average molecular weight is 317 g/mol. The second kappa shape index (κ2) is 8.26. The first-order chi connectivity index (χ1) is 10.4. The number of guanidine groups is 1. The number of rotatable bonds is 5. The minimum atomic E-state index is -4.36. The molecule has 0 saturated heterocycles. The van der Waals surface area contributed by atoms with E-state index < -0.39 is 11.7 Å². The molecule has 0 amide bonds. The number of hydrogen-bond acceptors (Lipinski definition) is 3. The maximum absolute atomic E-state index is 12.6. The number of aliphatic imine (C=N–C) groups is 1. The number of ether oxygens (including phenoxy) is 1. The van der Waals surface area contributed by atoms with Gasteiger partial charge in [0.25, 0.3) is 0 Å². The molecule has 122 valence electrons. The van der Waals surface area contributed by atoms with Crippen molar-refractivity contribution < 1.29 is 22.7 Å². The molecular weight excluding hydrogens is 299 g/mol. The lowest BCUT2D eigenvalue weighted by Crippen LogP contribution is -2.38. The molecule has 22 heavy (non-hydrogen) atoms. The van der Waals surface area contributed by atoms with Crippen molar-refractivity contribution >= 4 is 11.9 Å². The zero-order valence-corrected chi connectivity index (χ0v) is 12.3. The van der Waals surface area contributed by atoms with Crippen molar-refractivity contribution in [1.82, 2.24) is 10.6 Å². The Labute approximate surface area is 126 Å². The summed E-state index contributed by atoms with van der Waals surface area (Å²) in [7, 11) is 2.82. The molecule has 1 aromatic rings. The zero-order chi connectivity index (χ0) is 16.6. The molecule has 0 atom stereocenters. The molecule has 0 aliphatic carbocycles. The second-order valence-corrected chi connectivity index (χ2v) is 4.38. The van der Waals surface area contributed by atoms with Crippen molar-refractivity contribution in [1.29, 1.82) is 0 Å². The number of alkyl halides is 3. The molecule has 1 aromatic carbocycles. The van der Waals surface area contributed by atoms with Gasteiger partial charge in [0.2, 0.25) is 0 Å². The van der Waals surface area contributed by atoms with E-state index in [2.05, 4.69) is 20.4 Å². The maximum Gasteiger partial charge on any atom is 0.416 e. The standard InChI is InChI=1S/C14H18F3N3O2/c1-18-13(19-7-6-12(21)22-2)20-9-10-4-3-5-11(8-10)14(15,16)17/h3-5,8H,6-7,9H2,1-2H3,(H2,18,19,20). The number of nitrogens with zero attached hydrogens (tertiary/aromatic N) is 1. The zero-order valence-electron chi connectivity index (χ0n) is 12.3. The minimum absolute atomic E-state index is 0.167. The van der Waals surface area contributed by atoms with Gasteiger partial charge in [-0.1, -0.05) is 12.1 Å². The van der Waals surface area contributed by atoms with Crippen LogP contribution in [-0.2, 0) is 22.3 Å². The van der Waals surface area contributed by atoms with E-state index in [1.807, 2.05) is 0 Å². The van der Waals surface area contributed by atoms with Crippen LogP contribution in [0.15, 0.2) is 29.3 Å². The van der Waals surface area contributed by atoms with Gasteiger partial charge in [-0.25, -0.2) is 0 Å². The van der Waals surface area contributed by atoms with Crippen LogP contribution in [0.4, 0.5) is 13.2 Å². The lowest BCUT2D eigenvalue weighted by molar-refractivity contribution is -0.140. The number of nitrogens with one attached hydrogen (secondary N) is 2. The highest BCUT2D eigenvalue weighted by Gasteiger charge is 2.30. The monoisotopic (exact) mass is 317 g/mol. The molecule has 0 bridgehead atoms. The van der Waals surface area contributed by atoms with Crippen molar-refractivity contribution in [3.05, 3.63) is 35.4 Å². The smallest absolute Gasteiger partial charge is 0.416 e. The summed E-state index contributed by atoms with van der Waals surface area (Å²) in [6.07, 6.45) is -4.20. The summed E-state index contributed by atoms with van der Waals surface area (Å²) in [5.74, 6) is 0.0298. The van der Waals surface area contributed by atoms with Crippen LogP contribution in [0.2, 0.25) is 0 Å². The van der Waals surface area contributed by atoms with Gasteiger partial charge in [-0.2, -0.15) is 13.2 Å². The number of halogens is 3. The quantitative estimate of drug-likeness (QED) is 0.495. The summed E-state index contributed by atoms with van der Waals surface area (Å²) in [6.45, 7) is 0.497. The van der Waals surface area contributed by atoms with Crippen molar-refractivity contribution in [2.45, 2.75) is 19.1 Å². The first-order valence-corrected chi connectivity index (χ1v) is 6.54. The Morgan fingerprint density at radius 2 is 2.05 bits per heavy atom. The Kier molecular flexibility index (Phi) is 6.68. The van der Waals surface area contributed by atoms with E-state index in [0.29, 0.717) is 18.1 Å². The Morgan fingerprint density at radius 1 is 1.32 bits per heavy atom. The highest BCUT2D eigenvalue weighted by Crippen LogP contribution is 2.29. The second-order valence-electron chi connectivity index (χ2n) is 4.38. The van der Waals surface area contributed by atoms with Crippen LogP contribution >= 0.6 is 0 Å². The molecule has 0 aromatic heterocycles. The summed E-state index contributed by atoms with van der Waals surface area (Å²) >= 11 is 0. The van der Waals surface area contributed by atoms with Crippen molar-refractivity contribution in [3.63, 3.8) is 0 Å². The molecule has 0 unspecified atom stereocenters. The lowest BCUT2D eigenvalue weighted by Gasteiger charge is -2.13. The van der Waals surface area contributed by atoms with E-state index in [4.69, 9.17) is 0 Å². The highest BCUT2D eigenvalue weighted by atomic mass is 19.4. The molecule has 1 rings (SSSR count). The van der Waals surface area contributed by atoms with E-state index >= 15 is 0 Å². The average Bonchev–Trinajstić information content (AvgIpc) is 2.49. The van der Waals surface area contributed by atoms with Crippen LogP contribution in [0.5, 0.6) is 0 Å². The van der Waals surface area contributed by atoms with Gasteiger partial charge in [-0.3, -0.25) is 9.79 Å². The largest absolute Gasteiger partial charge is 0.469 e. The SMILES string of the molecule is CN=C(NCCC(=O)OC)NCc1cccc(C(F)(F)F)c1. The number of esters is 1. The topological polar surface area (TPSA) is 62.7 Å². The Morgan fingerprint density at radius 3 is 2.64 bits per heavy atom. The molecule has 0 aliphatic heterocycles. The number of carbonyl (C=O) groups excluding carboxylic acids is 1. The third kappa shape index (κ3) is 6.02. The van der Waals surface area contributed by atoms with Gasteiger partial charge in [-0.05, 0) is 17.7 Å². The molecule has 0 radical (unpaired) electrons. The Hall–Kier alpha value is -2.25. The summed E-state index contributed by atoms with van der Waals surface area (Å²) in [4.78, 5) is 14.9. The summed E-state index contributed by atoms with van der Waals surface area (Å²) < 4.78 is 42.3.